The summed E-state index contributed by atoms with van der Waals surface area (Å²) in [4.78, 5) is 11.0. The minimum Gasteiger partial charge on any atom is -0.493 e. The normalized spacial score (nSPS) is 13.5. The molecule has 0 aliphatic carbocycles. The molecule has 0 radical (unpaired) electrons. The van der Waals surface area contributed by atoms with Crippen molar-refractivity contribution in [3.05, 3.63) is 23.8 Å². The van der Waals surface area contributed by atoms with Crippen LogP contribution in [-0.2, 0) is 14.3 Å². The molecule has 1 rings (SSSR count). The minimum absolute atomic E-state index is 0.401. The van der Waals surface area contributed by atoms with E-state index in [-0.39, 0.29) is 0 Å². The molecular weight excluding hydrogens is 316 g/mol. The van der Waals surface area contributed by atoms with Gasteiger partial charge in [0, 0.05) is 7.11 Å². The Labute approximate surface area is 120 Å². The van der Waals surface area contributed by atoms with Crippen LogP contribution >= 0.6 is 15.9 Å². The predicted molar refractivity (Wildman–Crippen MR) is 74.0 cm³/mol. The molecule has 0 unspecified atom stereocenters. The molecule has 0 aliphatic heterocycles. The molecule has 0 amide bonds. The summed E-state index contributed by atoms with van der Waals surface area (Å²) >= 11 is 3.28. The zero-order chi connectivity index (χ0) is 14.4. The standard InChI is InChI=1S/C13H17BrO5/c1-16-9-6-5-8(7-10(9)17-2)12(18-3)11(14)13(15)19-4/h5-7,11-12H,1-4H3/t11-,12-/m0/s1. The highest BCUT2D eigenvalue weighted by Gasteiger charge is 2.28. The molecule has 0 spiro atoms. The molecule has 5 nitrogen and oxygen atoms in total. The SMILES string of the molecule is COC(=O)[C@@H](Br)[C@@H](OC)c1ccc(OC)c(OC)c1. The molecule has 0 aromatic heterocycles. The van der Waals surface area contributed by atoms with Gasteiger partial charge in [0.05, 0.1) is 21.3 Å². The van der Waals surface area contributed by atoms with Crippen LogP contribution in [0.4, 0.5) is 0 Å². The first-order valence-electron chi connectivity index (χ1n) is 5.55. The molecule has 0 saturated carbocycles. The maximum Gasteiger partial charge on any atom is 0.322 e. The fraction of sp³-hybridized carbons (Fsp3) is 0.462. The smallest absolute Gasteiger partial charge is 0.322 e. The highest BCUT2D eigenvalue weighted by atomic mass is 79.9. The third kappa shape index (κ3) is 3.61. The molecule has 0 fully saturated rings. The van der Waals surface area contributed by atoms with Crippen molar-refractivity contribution >= 4 is 21.9 Å². The third-order valence-corrected chi connectivity index (χ3v) is 3.54. The Bertz CT molecular complexity index is 435. The first-order valence-corrected chi connectivity index (χ1v) is 6.47. The minimum atomic E-state index is -0.597. The van der Waals surface area contributed by atoms with Gasteiger partial charge >= 0.3 is 5.97 Å². The van der Waals surface area contributed by atoms with Crippen LogP contribution in [0.15, 0.2) is 18.2 Å². The fourth-order valence-electron chi connectivity index (χ4n) is 1.69. The molecule has 2 atom stereocenters. The van der Waals surface area contributed by atoms with E-state index in [0.717, 1.165) is 5.56 Å². The van der Waals surface area contributed by atoms with E-state index >= 15 is 0 Å². The van der Waals surface area contributed by atoms with Crippen LogP contribution in [-0.4, -0.2) is 39.2 Å². The molecular formula is C13H17BrO5. The third-order valence-electron chi connectivity index (χ3n) is 2.68. The van der Waals surface area contributed by atoms with Crippen molar-refractivity contribution in [2.45, 2.75) is 10.9 Å². The Morgan fingerprint density at radius 2 is 1.74 bits per heavy atom. The first-order chi connectivity index (χ1) is 9.08. The molecule has 0 N–H and O–H groups in total. The Morgan fingerprint density at radius 1 is 1.11 bits per heavy atom. The lowest BCUT2D eigenvalue weighted by Gasteiger charge is -2.20. The second kappa shape index (κ2) is 7.35. The number of rotatable bonds is 6. The number of esters is 1. The molecule has 19 heavy (non-hydrogen) atoms. The molecule has 1 aromatic carbocycles. The highest BCUT2D eigenvalue weighted by molar-refractivity contribution is 9.10. The molecule has 0 saturated heterocycles. The van der Waals surface area contributed by atoms with E-state index in [4.69, 9.17) is 18.9 Å². The number of hydrogen-bond acceptors (Lipinski definition) is 5. The molecule has 1 aromatic rings. The number of carbonyl (C=O) groups is 1. The van der Waals surface area contributed by atoms with E-state index in [1.807, 2.05) is 6.07 Å². The summed E-state index contributed by atoms with van der Waals surface area (Å²) < 4.78 is 20.4. The van der Waals surface area contributed by atoms with Crippen molar-refractivity contribution in [2.24, 2.45) is 0 Å². The molecule has 0 bridgehead atoms. The average molecular weight is 333 g/mol. The van der Waals surface area contributed by atoms with Gasteiger partial charge in [-0.2, -0.15) is 0 Å². The average Bonchev–Trinajstić information content (AvgIpc) is 2.46. The Balaban J connectivity index is 3.08. The van der Waals surface area contributed by atoms with Crippen LogP contribution in [0.1, 0.15) is 11.7 Å². The van der Waals surface area contributed by atoms with E-state index in [1.165, 1.54) is 14.2 Å². The zero-order valence-electron chi connectivity index (χ0n) is 11.3. The lowest BCUT2D eigenvalue weighted by Crippen LogP contribution is -2.25. The van der Waals surface area contributed by atoms with Gasteiger partial charge in [-0.05, 0) is 17.7 Å². The number of benzene rings is 1. The van der Waals surface area contributed by atoms with Crippen LogP contribution in [0.5, 0.6) is 11.5 Å². The topological polar surface area (TPSA) is 54.0 Å². The number of hydrogen-bond donors (Lipinski definition) is 0. The van der Waals surface area contributed by atoms with Crippen molar-refractivity contribution in [2.75, 3.05) is 28.4 Å². The van der Waals surface area contributed by atoms with Crippen molar-refractivity contribution in [1.82, 2.24) is 0 Å². The van der Waals surface area contributed by atoms with Crippen LogP contribution in [0.25, 0.3) is 0 Å². The maximum absolute atomic E-state index is 11.6. The summed E-state index contributed by atoms with van der Waals surface area (Å²) in [6, 6.07) is 5.34. The Morgan fingerprint density at radius 3 is 2.21 bits per heavy atom. The zero-order valence-corrected chi connectivity index (χ0v) is 12.9. The summed E-state index contributed by atoms with van der Waals surface area (Å²) in [5.74, 6) is 0.790. The Kier molecular flexibility index (Phi) is 6.11. The van der Waals surface area contributed by atoms with Gasteiger partial charge in [0.2, 0.25) is 0 Å². The van der Waals surface area contributed by atoms with Gasteiger partial charge in [0.25, 0.3) is 0 Å². The number of ether oxygens (including phenoxy) is 4. The van der Waals surface area contributed by atoms with E-state index in [9.17, 15) is 4.79 Å². The molecule has 6 heteroatoms. The summed E-state index contributed by atoms with van der Waals surface area (Å²) in [6.07, 6.45) is -0.479. The maximum atomic E-state index is 11.6. The second-order valence-electron chi connectivity index (χ2n) is 3.70. The van der Waals surface area contributed by atoms with Gasteiger partial charge in [0.1, 0.15) is 10.9 Å². The van der Waals surface area contributed by atoms with Crippen molar-refractivity contribution in [3.8, 4) is 11.5 Å². The van der Waals surface area contributed by atoms with Crippen LogP contribution in [0.3, 0.4) is 0 Å². The number of methoxy groups -OCH3 is 4. The quantitative estimate of drug-likeness (QED) is 0.591. The molecule has 0 aliphatic rings. The van der Waals surface area contributed by atoms with Crippen molar-refractivity contribution in [1.29, 1.82) is 0 Å². The van der Waals surface area contributed by atoms with Gasteiger partial charge in [-0.3, -0.25) is 4.79 Å². The number of halogens is 1. The summed E-state index contributed by atoms with van der Waals surface area (Å²) in [5, 5.41) is 0. The first kappa shape index (κ1) is 15.8. The van der Waals surface area contributed by atoms with E-state index in [1.54, 1.807) is 26.4 Å². The van der Waals surface area contributed by atoms with Crippen LogP contribution in [0.2, 0.25) is 0 Å². The summed E-state index contributed by atoms with van der Waals surface area (Å²) in [7, 11) is 5.97. The fourth-order valence-corrected chi connectivity index (χ4v) is 2.40. The highest BCUT2D eigenvalue weighted by Crippen LogP contribution is 2.34. The monoisotopic (exact) mass is 332 g/mol. The predicted octanol–water partition coefficient (Wildman–Crippen LogP) is 2.33. The van der Waals surface area contributed by atoms with Crippen LogP contribution in [0, 0.1) is 0 Å². The van der Waals surface area contributed by atoms with Crippen LogP contribution < -0.4 is 9.47 Å². The van der Waals surface area contributed by atoms with Gasteiger partial charge < -0.3 is 18.9 Å². The van der Waals surface area contributed by atoms with E-state index in [0.29, 0.717) is 11.5 Å². The second-order valence-corrected chi connectivity index (χ2v) is 4.68. The largest absolute Gasteiger partial charge is 0.493 e. The van der Waals surface area contributed by atoms with Crippen molar-refractivity contribution < 1.29 is 23.7 Å². The summed E-state index contributed by atoms with van der Waals surface area (Å²) in [5.41, 5.74) is 0.785. The van der Waals surface area contributed by atoms with E-state index in [2.05, 4.69) is 15.9 Å². The van der Waals surface area contributed by atoms with Gasteiger partial charge in [-0.1, -0.05) is 22.0 Å². The van der Waals surface area contributed by atoms with E-state index < -0.39 is 16.9 Å². The molecule has 106 valence electrons. The number of carbonyl (C=O) groups excluding carboxylic acids is 1. The number of alkyl halides is 1. The Hall–Kier alpha value is -1.27. The van der Waals surface area contributed by atoms with Gasteiger partial charge in [-0.15, -0.1) is 0 Å². The summed E-state index contributed by atoms with van der Waals surface area (Å²) in [6.45, 7) is 0. The van der Waals surface area contributed by atoms with Gasteiger partial charge in [0.15, 0.2) is 11.5 Å². The van der Waals surface area contributed by atoms with Crippen molar-refractivity contribution in [3.63, 3.8) is 0 Å². The molecule has 0 heterocycles. The lowest BCUT2D eigenvalue weighted by atomic mass is 10.1. The van der Waals surface area contributed by atoms with Gasteiger partial charge in [-0.25, -0.2) is 0 Å². The lowest BCUT2D eigenvalue weighted by molar-refractivity contribution is -0.142.